The van der Waals surface area contributed by atoms with Gasteiger partial charge in [0.15, 0.2) is 10.7 Å². The van der Waals surface area contributed by atoms with Crippen LogP contribution in [0.3, 0.4) is 0 Å². The molecule has 5 heterocycles. The van der Waals surface area contributed by atoms with Gasteiger partial charge in [0.05, 0.1) is 6.26 Å². The number of aromatic nitrogens is 1. The van der Waals surface area contributed by atoms with Crippen LogP contribution in [0.2, 0.25) is 5.15 Å². The van der Waals surface area contributed by atoms with Crippen LogP contribution in [0.15, 0.2) is 22.8 Å². The minimum atomic E-state index is -0.156. The number of furan rings is 1. The molecule has 4 atom stereocenters. The molecule has 0 radical (unpaired) electrons. The largest absolute Gasteiger partial charge is 0.461 e. The molecule has 5 nitrogen and oxygen atoms in total. The number of nitrogens with one attached hydrogen (secondary N) is 1. The van der Waals surface area contributed by atoms with E-state index in [1.165, 1.54) is 0 Å². The topological polar surface area (TPSA) is 58.4 Å². The van der Waals surface area contributed by atoms with E-state index in [0.717, 1.165) is 31.3 Å². The molecule has 0 spiro atoms. The van der Waals surface area contributed by atoms with Crippen molar-refractivity contribution >= 4 is 28.5 Å². The average Bonchev–Trinajstić information content (AvgIpc) is 2.97. The molecule has 0 saturated carbocycles. The van der Waals surface area contributed by atoms with Crippen molar-refractivity contribution in [2.75, 3.05) is 13.1 Å². The number of piperidine rings is 3. The third-order valence-corrected chi connectivity index (χ3v) is 5.25. The Balaban J connectivity index is 1.54. The smallest absolute Gasteiger partial charge is 0.270 e. The van der Waals surface area contributed by atoms with Crippen molar-refractivity contribution in [3.63, 3.8) is 0 Å². The second kappa shape index (κ2) is 5.25. The molecule has 0 aliphatic carbocycles. The van der Waals surface area contributed by atoms with E-state index < -0.39 is 0 Å². The summed E-state index contributed by atoms with van der Waals surface area (Å²) in [5.41, 5.74) is 0.873. The zero-order valence-corrected chi connectivity index (χ0v) is 13.1. The maximum absolute atomic E-state index is 12.5. The van der Waals surface area contributed by atoms with Crippen molar-refractivity contribution in [1.82, 2.24) is 15.2 Å². The Kier molecular flexibility index (Phi) is 3.35. The fraction of sp³-hybridized carbons (Fsp3) is 0.500. The molecule has 2 aromatic rings. The van der Waals surface area contributed by atoms with Crippen LogP contribution < -0.4 is 5.32 Å². The lowest BCUT2D eigenvalue weighted by Crippen LogP contribution is -2.60. The van der Waals surface area contributed by atoms with E-state index >= 15 is 0 Å². The molecule has 0 aromatic carbocycles. The Morgan fingerprint density at radius 2 is 2.41 bits per heavy atom. The van der Waals surface area contributed by atoms with Crippen LogP contribution in [-0.2, 0) is 0 Å². The van der Waals surface area contributed by atoms with E-state index in [2.05, 4.69) is 22.1 Å². The molecule has 4 unspecified atom stereocenters. The normalized spacial score (nSPS) is 30.6. The van der Waals surface area contributed by atoms with Crippen LogP contribution in [0.25, 0.3) is 11.0 Å². The maximum Gasteiger partial charge on any atom is 0.270 e. The zero-order valence-electron chi connectivity index (χ0n) is 12.4. The number of nitrogens with zero attached hydrogens (tertiary/aromatic N) is 2. The highest BCUT2D eigenvalue weighted by Gasteiger charge is 2.38. The van der Waals surface area contributed by atoms with Crippen LogP contribution in [0.1, 0.15) is 30.3 Å². The summed E-state index contributed by atoms with van der Waals surface area (Å²) in [6.07, 6.45) is 3.86. The second-order valence-electron chi connectivity index (χ2n) is 6.35. The fourth-order valence-corrected chi connectivity index (χ4v) is 4.00. The predicted molar refractivity (Wildman–Crippen MR) is 84.0 cm³/mol. The number of carbonyl (C=O) groups excluding carboxylic acids is 1. The third-order valence-electron chi connectivity index (χ3n) is 5.00. The number of halogens is 1. The van der Waals surface area contributed by atoms with E-state index in [0.29, 0.717) is 23.2 Å². The molecule has 22 heavy (non-hydrogen) atoms. The Hall–Kier alpha value is -1.59. The highest BCUT2D eigenvalue weighted by molar-refractivity contribution is 6.33. The first kappa shape index (κ1) is 14.0. The third kappa shape index (κ3) is 2.29. The van der Waals surface area contributed by atoms with Crippen molar-refractivity contribution in [1.29, 1.82) is 0 Å². The molecule has 1 N–H and O–H groups in total. The molecule has 2 aromatic heterocycles. The van der Waals surface area contributed by atoms with Gasteiger partial charge in [-0.2, -0.15) is 0 Å². The number of pyridine rings is 1. The van der Waals surface area contributed by atoms with Gasteiger partial charge in [-0.05, 0) is 44.4 Å². The number of carbonyl (C=O) groups is 1. The van der Waals surface area contributed by atoms with Crippen LogP contribution >= 0.6 is 11.6 Å². The highest BCUT2D eigenvalue weighted by atomic mass is 35.5. The number of fused-ring (bicyclic) bond motifs is 4. The van der Waals surface area contributed by atoms with Crippen molar-refractivity contribution in [2.45, 2.75) is 31.8 Å². The Labute approximate surface area is 133 Å². The fourth-order valence-electron chi connectivity index (χ4n) is 3.75. The van der Waals surface area contributed by atoms with Crippen molar-refractivity contribution in [3.8, 4) is 0 Å². The molecule has 3 fully saturated rings. The summed E-state index contributed by atoms with van der Waals surface area (Å²) in [6.45, 7) is 4.33. The molecule has 5 rings (SSSR count). The van der Waals surface area contributed by atoms with Gasteiger partial charge in [0, 0.05) is 24.0 Å². The standard InChI is InChI=1S/C16H18ClN3O2/c1-9-6-10-2-4-20(9)8-13(10)19-16(21)12-7-11-3-5-22-14(11)15(17)18-12/h3,5,7,9-10,13H,2,4,6,8H2,1H3,(H,19,21). The van der Waals surface area contributed by atoms with Crippen LogP contribution in [0.4, 0.5) is 0 Å². The van der Waals surface area contributed by atoms with Crippen LogP contribution in [0.5, 0.6) is 0 Å². The lowest BCUT2D eigenvalue weighted by atomic mass is 9.80. The minimum absolute atomic E-state index is 0.156. The van der Waals surface area contributed by atoms with E-state index in [4.69, 9.17) is 16.0 Å². The zero-order chi connectivity index (χ0) is 15.3. The minimum Gasteiger partial charge on any atom is -0.461 e. The van der Waals surface area contributed by atoms with Gasteiger partial charge in [0.2, 0.25) is 0 Å². The molecule has 3 aliphatic heterocycles. The van der Waals surface area contributed by atoms with Crippen molar-refractivity contribution in [2.24, 2.45) is 5.92 Å². The summed E-state index contributed by atoms with van der Waals surface area (Å²) in [4.78, 5) is 19.1. The van der Waals surface area contributed by atoms with Crippen LogP contribution in [0, 0.1) is 5.92 Å². The van der Waals surface area contributed by atoms with Gasteiger partial charge in [0.1, 0.15) is 5.69 Å². The van der Waals surface area contributed by atoms with Gasteiger partial charge in [-0.1, -0.05) is 11.6 Å². The Morgan fingerprint density at radius 1 is 1.55 bits per heavy atom. The van der Waals surface area contributed by atoms with Gasteiger partial charge in [0.25, 0.3) is 5.91 Å². The summed E-state index contributed by atoms with van der Waals surface area (Å²) in [5.74, 6) is 0.411. The first-order chi connectivity index (χ1) is 10.6. The monoisotopic (exact) mass is 319 g/mol. The number of amides is 1. The summed E-state index contributed by atoms with van der Waals surface area (Å²) in [5, 5.41) is 4.17. The Morgan fingerprint density at radius 3 is 3.14 bits per heavy atom. The SMILES string of the molecule is CC1CC2CCN1CC2NC(=O)c1cc2ccoc2c(Cl)n1. The molecular formula is C16H18ClN3O2. The lowest BCUT2D eigenvalue weighted by Gasteiger charge is -2.48. The van der Waals surface area contributed by atoms with Crippen molar-refractivity contribution < 1.29 is 9.21 Å². The molecule has 3 aliphatic rings. The van der Waals surface area contributed by atoms with Gasteiger partial charge in [-0.15, -0.1) is 0 Å². The highest BCUT2D eigenvalue weighted by Crippen LogP contribution is 2.32. The molecule has 116 valence electrons. The summed E-state index contributed by atoms with van der Waals surface area (Å²) in [7, 11) is 0. The Bertz CT molecular complexity index is 729. The average molecular weight is 320 g/mol. The first-order valence-electron chi connectivity index (χ1n) is 7.70. The molecule has 6 heteroatoms. The molecule has 1 amide bonds. The lowest BCUT2D eigenvalue weighted by molar-refractivity contribution is 0.0273. The summed E-state index contributed by atoms with van der Waals surface area (Å²) >= 11 is 6.08. The summed E-state index contributed by atoms with van der Waals surface area (Å²) in [6, 6.07) is 4.35. The molecule has 2 bridgehead atoms. The van der Waals surface area contributed by atoms with E-state index in [-0.39, 0.29) is 17.1 Å². The predicted octanol–water partition coefficient (Wildman–Crippen LogP) is 2.69. The first-order valence-corrected chi connectivity index (χ1v) is 8.08. The quantitative estimate of drug-likeness (QED) is 0.865. The van der Waals surface area contributed by atoms with E-state index in [1.54, 1.807) is 18.4 Å². The second-order valence-corrected chi connectivity index (χ2v) is 6.70. The maximum atomic E-state index is 12.5. The van der Waals surface area contributed by atoms with Gasteiger partial charge >= 0.3 is 0 Å². The van der Waals surface area contributed by atoms with Gasteiger partial charge < -0.3 is 9.73 Å². The molecular weight excluding hydrogens is 302 g/mol. The summed E-state index contributed by atoms with van der Waals surface area (Å²) < 4.78 is 5.25. The number of rotatable bonds is 2. The number of hydrogen-bond donors (Lipinski definition) is 1. The molecule has 3 saturated heterocycles. The van der Waals surface area contributed by atoms with Crippen LogP contribution in [-0.4, -0.2) is 41.0 Å². The van der Waals surface area contributed by atoms with E-state index in [9.17, 15) is 4.79 Å². The number of hydrogen-bond acceptors (Lipinski definition) is 4. The van der Waals surface area contributed by atoms with Crippen molar-refractivity contribution in [3.05, 3.63) is 29.2 Å². The van der Waals surface area contributed by atoms with Gasteiger partial charge in [-0.3, -0.25) is 9.69 Å². The van der Waals surface area contributed by atoms with Gasteiger partial charge in [-0.25, -0.2) is 4.98 Å². The van der Waals surface area contributed by atoms with E-state index in [1.807, 2.05) is 0 Å².